The second kappa shape index (κ2) is 6.36. The first-order valence-corrected chi connectivity index (χ1v) is 6.42. The Morgan fingerprint density at radius 1 is 1.22 bits per heavy atom. The van der Waals surface area contributed by atoms with Gasteiger partial charge in [0.05, 0.1) is 6.20 Å². The number of hydrogen-bond donors (Lipinski definition) is 1. The van der Waals surface area contributed by atoms with Crippen LogP contribution >= 0.6 is 11.6 Å². The van der Waals surface area contributed by atoms with Crippen LogP contribution in [0.2, 0.25) is 5.02 Å². The van der Waals surface area contributed by atoms with Crippen LogP contribution in [0.15, 0.2) is 42.9 Å². The molecule has 0 fully saturated rings. The van der Waals surface area contributed by atoms with E-state index in [1.54, 1.807) is 18.6 Å². The summed E-state index contributed by atoms with van der Waals surface area (Å²) in [6.45, 7) is 3.02. The lowest BCUT2D eigenvalue weighted by Gasteiger charge is -2.16. The van der Waals surface area contributed by atoms with Gasteiger partial charge in [-0.15, -0.1) is 0 Å². The third-order valence-corrected chi connectivity index (χ3v) is 3.18. The SMILES string of the molecule is CCC(CNc1cnccn1)c1ccc(Cl)cc1. The molecule has 0 aliphatic rings. The second-order valence-electron chi connectivity index (χ2n) is 4.13. The van der Waals surface area contributed by atoms with Crippen molar-refractivity contribution in [2.75, 3.05) is 11.9 Å². The third kappa shape index (κ3) is 3.44. The van der Waals surface area contributed by atoms with Crippen molar-refractivity contribution < 1.29 is 0 Å². The smallest absolute Gasteiger partial charge is 0.144 e. The fraction of sp³-hybridized carbons (Fsp3) is 0.286. The molecule has 3 nitrogen and oxygen atoms in total. The summed E-state index contributed by atoms with van der Waals surface area (Å²) >= 11 is 5.90. The fourth-order valence-corrected chi connectivity index (χ4v) is 1.98. The van der Waals surface area contributed by atoms with Crippen molar-refractivity contribution in [1.29, 1.82) is 0 Å². The minimum Gasteiger partial charge on any atom is -0.368 e. The van der Waals surface area contributed by atoms with Crippen molar-refractivity contribution in [2.24, 2.45) is 0 Å². The Bertz CT molecular complexity index is 470. The van der Waals surface area contributed by atoms with Crippen LogP contribution in [0.4, 0.5) is 5.82 Å². The number of anilines is 1. The average Bonchev–Trinajstić information content (AvgIpc) is 2.42. The van der Waals surface area contributed by atoms with Gasteiger partial charge in [0.25, 0.3) is 0 Å². The molecule has 2 rings (SSSR count). The zero-order valence-corrected chi connectivity index (χ0v) is 11.1. The molecule has 4 heteroatoms. The van der Waals surface area contributed by atoms with E-state index < -0.39 is 0 Å². The molecule has 1 unspecified atom stereocenters. The van der Waals surface area contributed by atoms with Gasteiger partial charge in [-0.05, 0) is 24.1 Å². The average molecular weight is 262 g/mol. The quantitative estimate of drug-likeness (QED) is 0.891. The van der Waals surface area contributed by atoms with Crippen LogP contribution in [0, 0.1) is 0 Å². The maximum Gasteiger partial charge on any atom is 0.144 e. The maximum atomic E-state index is 5.90. The predicted molar refractivity (Wildman–Crippen MR) is 75.0 cm³/mol. The van der Waals surface area contributed by atoms with Gasteiger partial charge in [-0.2, -0.15) is 0 Å². The van der Waals surface area contributed by atoms with Crippen molar-refractivity contribution in [3.8, 4) is 0 Å². The third-order valence-electron chi connectivity index (χ3n) is 2.93. The highest BCUT2D eigenvalue weighted by Gasteiger charge is 2.09. The number of benzene rings is 1. The molecule has 1 aromatic heterocycles. The zero-order valence-electron chi connectivity index (χ0n) is 10.3. The molecule has 2 aromatic rings. The van der Waals surface area contributed by atoms with Gasteiger partial charge in [-0.25, -0.2) is 4.98 Å². The Morgan fingerprint density at radius 2 is 2.00 bits per heavy atom. The van der Waals surface area contributed by atoms with Crippen LogP contribution in [0.3, 0.4) is 0 Å². The van der Waals surface area contributed by atoms with E-state index in [4.69, 9.17) is 11.6 Å². The van der Waals surface area contributed by atoms with Gasteiger partial charge < -0.3 is 5.32 Å². The number of hydrogen-bond acceptors (Lipinski definition) is 3. The fourth-order valence-electron chi connectivity index (χ4n) is 1.85. The van der Waals surface area contributed by atoms with Crippen LogP contribution < -0.4 is 5.32 Å². The molecule has 1 aromatic carbocycles. The monoisotopic (exact) mass is 261 g/mol. The molecule has 1 heterocycles. The Labute approximate surface area is 112 Å². The van der Waals surface area contributed by atoms with Crippen molar-refractivity contribution in [1.82, 2.24) is 9.97 Å². The van der Waals surface area contributed by atoms with Gasteiger partial charge in [0, 0.05) is 29.9 Å². The van der Waals surface area contributed by atoms with E-state index in [1.807, 2.05) is 12.1 Å². The summed E-state index contributed by atoms with van der Waals surface area (Å²) < 4.78 is 0. The lowest BCUT2D eigenvalue weighted by molar-refractivity contribution is 0.693. The molecule has 1 atom stereocenters. The van der Waals surface area contributed by atoms with E-state index in [2.05, 4.69) is 34.3 Å². The normalized spacial score (nSPS) is 12.1. The first-order valence-electron chi connectivity index (χ1n) is 6.05. The molecular weight excluding hydrogens is 246 g/mol. The number of nitrogens with zero attached hydrogens (tertiary/aromatic N) is 2. The van der Waals surface area contributed by atoms with E-state index in [0.717, 1.165) is 23.8 Å². The van der Waals surface area contributed by atoms with Gasteiger partial charge in [0.15, 0.2) is 0 Å². The van der Waals surface area contributed by atoms with Gasteiger partial charge in [-0.3, -0.25) is 4.98 Å². The number of halogens is 1. The molecule has 18 heavy (non-hydrogen) atoms. The highest BCUT2D eigenvalue weighted by molar-refractivity contribution is 6.30. The molecule has 0 amide bonds. The predicted octanol–water partition coefficient (Wildman–Crippen LogP) is 3.74. The van der Waals surface area contributed by atoms with Crippen LogP contribution in [-0.2, 0) is 0 Å². The number of aromatic nitrogens is 2. The largest absolute Gasteiger partial charge is 0.368 e. The van der Waals surface area contributed by atoms with E-state index in [0.29, 0.717) is 5.92 Å². The molecule has 0 bridgehead atoms. The lowest BCUT2D eigenvalue weighted by atomic mass is 9.96. The Hall–Kier alpha value is -1.61. The first kappa shape index (κ1) is 12.8. The summed E-state index contributed by atoms with van der Waals surface area (Å²) in [4.78, 5) is 8.23. The molecular formula is C14H16ClN3. The highest BCUT2D eigenvalue weighted by Crippen LogP contribution is 2.21. The van der Waals surface area contributed by atoms with Crippen molar-refractivity contribution >= 4 is 17.4 Å². The van der Waals surface area contributed by atoms with E-state index in [1.165, 1.54) is 5.56 Å². The molecule has 0 saturated heterocycles. The summed E-state index contributed by atoms with van der Waals surface area (Å²) in [5.41, 5.74) is 1.29. The molecule has 0 aliphatic heterocycles. The molecule has 0 saturated carbocycles. The summed E-state index contributed by atoms with van der Waals surface area (Å²) in [6.07, 6.45) is 6.15. The maximum absolute atomic E-state index is 5.90. The Morgan fingerprint density at radius 3 is 2.61 bits per heavy atom. The van der Waals surface area contributed by atoms with E-state index in [9.17, 15) is 0 Å². The van der Waals surface area contributed by atoms with Gasteiger partial charge in [0.2, 0.25) is 0 Å². The zero-order chi connectivity index (χ0) is 12.8. The van der Waals surface area contributed by atoms with Crippen LogP contribution in [-0.4, -0.2) is 16.5 Å². The number of nitrogens with one attached hydrogen (secondary N) is 1. The second-order valence-corrected chi connectivity index (χ2v) is 4.56. The van der Waals surface area contributed by atoms with Crippen molar-refractivity contribution in [3.63, 3.8) is 0 Å². The summed E-state index contributed by atoms with van der Waals surface area (Å²) in [7, 11) is 0. The van der Waals surface area contributed by atoms with E-state index in [-0.39, 0.29) is 0 Å². The highest BCUT2D eigenvalue weighted by atomic mass is 35.5. The molecule has 1 N–H and O–H groups in total. The summed E-state index contributed by atoms with van der Waals surface area (Å²) in [5.74, 6) is 1.26. The Balaban J connectivity index is 1.99. The van der Waals surface area contributed by atoms with Crippen LogP contribution in [0.25, 0.3) is 0 Å². The number of rotatable bonds is 5. The molecule has 0 spiro atoms. The standard InChI is InChI=1S/C14H16ClN3/c1-2-11(12-3-5-13(15)6-4-12)9-18-14-10-16-7-8-17-14/h3-8,10-11H,2,9H2,1H3,(H,17,18). The van der Waals surface area contributed by atoms with Gasteiger partial charge >= 0.3 is 0 Å². The van der Waals surface area contributed by atoms with Crippen molar-refractivity contribution in [2.45, 2.75) is 19.3 Å². The minimum atomic E-state index is 0.448. The van der Waals surface area contributed by atoms with E-state index >= 15 is 0 Å². The minimum absolute atomic E-state index is 0.448. The first-order chi connectivity index (χ1) is 8.79. The van der Waals surface area contributed by atoms with Crippen LogP contribution in [0.5, 0.6) is 0 Å². The molecule has 0 aliphatic carbocycles. The van der Waals surface area contributed by atoms with Crippen LogP contribution in [0.1, 0.15) is 24.8 Å². The summed E-state index contributed by atoms with van der Waals surface area (Å²) in [6, 6.07) is 8.02. The topological polar surface area (TPSA) is 37.8 Å². The molecule has 0 radical (unpaired) electrons. The van der Waals surface area contributed by atoms with Crippen molar-refractivity contribution in [3.05, 3.63) is 53.4 Å². The molecule has 94 valence electrons. The lowest BCUT2D eigenvalue weighted by Crippen LogP contribution is -2.12. The Kier molecular flexibility index (Phi) is 4.53. The summed E-state index contributed by atoms with van der Waals surface area (Å²) in [5, 5.41) is 4.08. The van der Waals surface area contributed by atoms with Gasteiger partial charge in [0.1, 0.15) is 5.82 Å². The van der Waals surface area contributed by atoms with Gasteiger partial charge in [-0.1, -0.05) is 30.7 Å².